The van der Waals surface area contributed by atoms with Gasteiger partial charge < -0.3 is 19.5 Å². The van der Waals surface area contributed by atoms with E-state index in [0.29, 0.717) is 36.3 Å². The normalized spacial score (nSPS) is 10.6. The van der Waals surface area contributed by atoms with Crippen molar-refractivity contribution in [2.45, 2.75) is 20.1 Å². The van der Waals surface area contributed by atoms with Crippen molar-refractivity contribution in [2.75, 3.05) is 11.9 Å². The molecule has 0 bridgehead atoms. The Morgan fingerprint density at radius 2 is 1.53 bits per heavy atom. The molecule has 0 aliphatic carbocycles. The van der Waals surface area contributed by atoms with Crippen LogP contribution < -0.4 is 19.5 Å². The molecule has 0 saturated carbocycles. The minimum absolute atomic E-state index is 0.355. The molecule has 0 unspecified atom stereocenters. The largest absolute Gasteiger partial charge is 0.490 e. The molecule has 4 nitrogen and oxygen atoms in total. The highest BCUT2D eigenvalue weighted by Crippen LogP contribution is 2.38. The van der Waals surface area contributed by atoms with Gasteiger partial charge in [-0.25, -0.2) is 0 Å². The van der Waals surface area contributed by atoms with Crippen molar-refractivity contribution in [2.24, 2.45) is 0 Å². The molecule has 0 aliphatic heterocycles. The van der Waals surface area contributed by atoms with Crippen molar-refractivity contribution in [1.82, 2.24) is 0 Å². The molecule has 0 atom stereocenters. The molecule has 6 heteroatoms. The number of halogens is 2. The van der Waals surface area contributed by atoms with Gasteiger partial charge in [-0.05, 0) is 83.0 Å². The Morgan fingerprint density at radius 3 is 2.26 bits per heavy atom. The van der Waals surface area contributed by atoms with Gasteiger partial charge in [0, 0.05) is 22.8 Å². The molecule has 174 valence electrons. The highest BCUT2D eigenvalue weighted by molar-refractivity contribution is 9.10. The fraction of sp³-hybridized carbons (Fsp3) is 0.143. The van der Waals surface area contributed by atoms with Crippen LogP contribution in [0.5, 0.6) is 23.0 Å². The van der Waals surface area contributed by atoms with Gasteiger partial charge in [0.15, 0.2) is 11.5 Å². The molecule has 4 aromatic rings. The number of para-hydroxylation sites is 1. The Labute approximate surface area is 213 Å². The monoisotopic (exact) mass is 537 g/mol. The van der Waals surface area contributed by atoms with Crippen molar-refractivity contribution in [1.29, 1.82) is 0 Å². The molecule has 0 radical (unpaired) electrons. The second-order valence-corrected chi connectivity index (χ2v) is 8.77. The van der Waals surface area contributed by atoms with Gasteiger partial charge in [-0.3, -0.25) is 0 Å². The number of rotatable bonds is 10. The quantitative estimate of drug-likeness (QED) is 0.220. The molecule has 0 heterocycles. The minimum Gasteiger partial charge on any atom is -0.490 e. The van der Waals surface area contributed by atoms with Crippen LogP contribution in [0.25, 0.3) is 0 Å². The van der Waals surface area contributed by atoms with E-state index in [0.717, 1.165) is 32.8 Å². The van der Waals surface area contributed by atoms with E-state index in [-0.39, 0.29) is 0 Å². The van der Waals surface area contributed by atoms with Gasteiger partial charge in [-0.2, -0.15) is 0 Å². The fourth-order valence-electron chi connectivity index (χ4n) is 3.36. The van der Waals surface area contributed by atoms with E-state index in [1.165, 1.54) is 0 Å². The molecule has 34 heavy (non-hydrogen) atoms. The summed E-state index contributed by atoms with van der Waals surface area (Å²) in [6, 6.07) is 29.3. The van der Waals surface area contributed by atoms with E-state index in [4.69, 9.17) is 25.8 Å². The summed E-state index contributed by atoms with van der Waals surface area (Å²) >= 11 is 9.91. The topological polar surface area (TPSA) is 39.7 Å². The predicted octanol–water partition coefficient (Wildman–Crippen LogP) is 8.48. The van der Waals surface area contributed by atoms with E-state index in [1.807, 2.05) is 97.9 Å². The highest BCUT2D eigenvalue weighted by atomic mass is 79.9. The molecular weight excluding hydrogens is 514 g/mol. The third kappa shape index (κ3) is 6.46. The summed E-state index contributed by atoms with van der Waals surface area (Å²) < 4.78 is 18.6. The Bertz CT molecular complexity index is 1220. The maximum Gasteiger partial charge on any atom is 0.175 e. The minimum atomic E-state index is 0.355. The zero-order chi connectivity index (χ0) is 23.8. The van der Waals surface area contributed by atoms with Crippen molar-refractivity contribution in [3.63, 3.8) is 0 Å². The van der Waals surface area contributed by atoms with E-state index in [2.05, 4.69) is 21.2 Å². The van der Waals surface area contributed by atoms with Gasteiger partial charge in [-0.1, -0.05) is 48.0 Å². The zero-order valence-electron chi connectivity index (χ0n) is 18.8. The lowest BCUT2D eigenvalue weighted by atomic mass is 10.2. The summed E-state index contributed by atoms with van der Waals surface area (Å²) in [4.78, 5) is 0. The molecular formula is C28H25BrClNO3. The molecule has 0 aromatic heterocycles. The molecule has 0 fully saturated rings. The summed E-state index contributed by atoms with van der Waals surface area (Å²) in [5.74, 6) is 2.95. The Balaban J connectivity index is 1.41. The van der Waals surface area contributed by atoms with Crippen LogP contribution in [-0.4, -0.2) is 6.61 Å². The number of ether oxygens (including phenoxy) is 3. The van der Waals surface area contributed by atoms with E-state index in [9.17, 15) is 0 Å². The van der Waals surface area contributed by atoms with Crippen molar-refractivity contribution in [3.8, 4) is 23.0 Å². The molecule has 1 N–H and O–H groups in total. The highest BCUT2D eigenvalue weighted by Gasteiger charge is 2.13. The SMILES string of the molecule is CCOc1cc(CNc2ccc(Oc3ccccc3)cc2)cc(Br)c1OCc1ccccc1Cl. The average Bonchev–Trinajstić information content (AvgIpc) is 2.85. The smallest absolute Gasteiger partial charge is 0.175 e. The van der Waals surface area contributed by atoms with Gasteiger partial charge in [0.2, 0.25) is 0 Å². The molecule has 0 saturated heterocycles. The summed E-state index contributed by atoms with van der Waals surface area (Å²) in [6.07, 6.45) is 0. The van der Waals surface area contributed by atoms with Crippen LogP contribution in [0.4, 0.5) is 5.69 Å². The van der Waals surface area contributed by atoms with Crippen molar-refractivity contribution in [3.05, 3.63) is 112 Å². The zero-order valence-corrected chi connectivity index (χ0v) is 21.1. The maximum atomic E-state index is 6.27. The van der Waals surface area contributed by atoms with Gasteiger partial charge in [0.05, 0.1) is 11.1 Å². The Morgan fingerprint density at radius 1 is 0.824 bits per heavy atom. The predicted molar refractivity (Wildman–Crippen MR) is 141 cm³/mol. The summed E-state index contributed by atoms with van der Waals surface area (Å²) in [5, 5.41) is 4.12. The first kappa shape index (κ1) is 24.0. The second-order valence-electron chi connectivity index (χ2n) is 7.51. The van der Waals surface area contributed by atoms with Crippen molar-refractivity contribution >= 4 is 33.2 Å². The lowest BCUT2D eigenvalue weighted by Crippen LogP contribution is -2.04. The number of nitrogens with one attached hydrogen (secondary N) is 1. The lowest BCUT2D eigenvalue weighted by Gasteiger charge is -2.16. The summed E-state index contributed by atoms with van der Waals surface area (Å²) in [5.41, 5.74) is 2.97. The van der Waals surface area contributed by atoms with Gasteiger partial charge in [-0.15, -0.1) is 0 Å². The van der Waals surface area contributed by atoms with E-state index in [1.54, 1.807) is 0 Å². The van der Waals surface area contributed by atoms with E-state index < -0.39 is 0 Å². The van der Waals surface area contributed by atoms with E-state index >= 15 is 0 Å². The van der Waals surface area contributed by atoms with Gasteiger partial charge >= 0.3 is 0 Å². The number of benzene rings is 4. The van der Waals surface area contributed by atoms with Crippen LogP contribution in [0.2, 0.25) is 5.02 Å². The van der Waals surface area contributed by atoms with Gasteiger partial charge in [0.1, 0.15) is 18.1 Å². The fourth-order valence-corrected chi connectivity index (χ4v) is 4.16. The average molecular weight is 539 g/mol. The van der Waals surface area contributed by atoms with Crippen LogP contribution in [0.15, 0.2) is 95.5 Å². The number of hydrogen-bond donors (Lipinski definition) is 1. The van der Waals surface area contributed by atoms with Crippen LogP contribution in [0, 0.1) is 0 Å². The summed E-state index contributed by atoms with van der Waals surface area (Å²) in [6.45, 7) is 3.47. The first-order valence-electron chi connectivity index (χ1n) is 11.0. The van der Waals surface area contributed by atoms with Gasteiger partial charge in [0.25, 0.3) is 0 Å². The van der Waals surface area contributed by atoms with Crippen LogP contribution >= 0.6 is 27.5 Å². The third-order valence-corrected chi connectivity index (χ3v) is 5.99. The van der Waals surface area contributed by atoms with Crippen LogP contribution in [0.1, 0.15) is 18.1 Å². The van der Waals surface area contributed by atoms with Crippen LogP contribution in [0.3, 0.4) is 0 Å². The standard InChI is InChI=1S/C28H25BrClNO3/c1-2-32-27-17-20(16-25(29)28(27)33-19-21-8-6-7-11-26(21)30)18-31-22-12-14-24(15-13-22)34-23-9-4-3-5-10-23/h3-17,31H,2,18-19H2,1H3. The molecule has 4 rings (SSSR count). The lowest BCUT2D eigenvalue weighted by molar-refractivity contribution is 0.267. The third-order valence-electron chi connectivity index (χ3n) is 5.03. The molecule has 0 spiro atoms. The maximum absolute atomic E-state index is 6.27. The Hall–Kier alpha value is -3.15. The molecule has 0 amide bonds. The second kappa shape index (κ2) is 11.8. The Kier molecular flexibility index (Phi) is 8.34. The molecule has 4 aromatic carbocycles. The number of anilines is 1. The summed E-state index contributed by atoms with van der Waals surface area (Å²) in [7, 11) is 0. The molecule has 0 aliphatic rings. The first-order chi connectivity index (χ1) is 16.6. The first-order valence-corrected chi connectivity index (χ1v) is 12.2. The number of hydrogen-bond acceptors (Lipinski definition) is 4. The van der Waals surface area contributed by atoms with Crippen LogP contribution in [-0.2, 0) is 13.2 Å². The van der Waals surface area contributed by atoms with Crippen molar-refractivity contribution < 1.29 is 14.2 Å².